The number of unbranched alkanes of at least 4 members (excludes halogenated alkanes) is 1. The highest BCUT2D eigenvalue weighted by Crippen LogP contribution is 2.15. The van der Waals surface area contributed by atoms with Crippen LogP contribution >= 0.6 is 11.3 Å². The number of thiophene rings is 1. The molecule has 0 aliphatic rings. The van der Waals surface area contributed by atoms with E-state index in [1.807, 2.05) is 18.7 Å². The number of hydrogen-bond acceptors (Lipinski definition) is 3. The molecule has 0 saturated heterocycles. The van der Waals surface area contributed by atoms with Gasteiger partial charge in [-0.05, 0) is 48.7 Å². The van der Waals surface area contributed by atoms with Crippen LogP contribution in [0.15, 0.2) is 35.5 Å². The minimum absolute atomic E-state index is 0.467. The van der Waals surface area contributed by atoms with Crippen LogP contribution in [0, 0.1) is 0 Å². The van der Waals surface area contributed by atoms with Gasteiger partial charge in [-0.3, -0.25) is 0 Å². The van der Waals surface area contributed by atoms with E-state index in [9.17, 15) is 0 Å². The molecule has 0 amide bonds. The molecule has 2 heterocycles. The van der Waals surface area contributed by atoms with Gasteiger partial charge in [0.05, 0.1) is 6.33 Å². The first-order chi connectivity index (χ1) is 8.36. The van der Waals surface area contributed by atoms with Crippen LogP contribution < -0.4 is 5.32 Å². The zero-order chi connectivity index (χ0) is 11.9. The predicted molar refractivity (Wildman–Crippen MR) is 72.2 cm³/mol. The highest BCUT2D eigenvalue weighted by atomic mass is 32.1. The van der Waals surface area contributed by atoms with Crippen molar-refractivity contribution >= 4 is 11.3 Å². The van der Waals surface area contributed by atoms with Gasteiger partial charge in [-0.25, -0.2) is 4.98 Å². The maximum absolute atomic E-state index is 4.03. The van der Waals surface area contributed by atoms with Gasteiger partial charge in [-0.15, -0.1) is 0 Å². The van der Waals surface area contributed by atoms with Gasteiger partial charge in [0.25, 0.3) is 0 Å². The molecule has 3 nitrogen and oxygen atoms in total. The highest BCUT2D eigenvalue weighted by Gasteiger charge is 2.03. The zero-order valence-corrected chi connectivity index (χ0v) is 11.0. The summed E-state index contributed by atoms with van der Waals surface area (Å²) in [6.45, 7) is 4.36. The first kappa shape index (κ1) is 12.3. The monoisotopic (exact) mass is 249 g/mol. The molecule has 0 aromatic carbocycles. The van der Waals surface area contributed by atoms with Crippen molar-refractivity contribution in [3.05, 3.63) is 41.1 Å². The number of aromatic nitrogens is 2. The van der Waals surface area contributed by atoms with E-state index in [0.29, 0.717) is 6.04 Å². The second-order valence-electron chi connectivity index (χ2n) is 4.24. The first-order valence-electron chi connectivity index (χ1n) is 6.07. The van der Waals surface area contributed by atoms with Gasteiger partial charge in [0.1, 0.15) is 0 Å². The average Bonchev–Trinajstić information content (AvgIpc) is 3.01. The van der Waals surface area contributed by atoms with Crippen LogP contribution in [0.2, 0.25) is 0 Å². The Bertz CT molecular complexity index is 394. The van der Waals surface area contributed by atoms with Gasteiger partial charge in [-0.1, -0.05) is 0 Å². The van der Waals surface area contributed by atoms with Gasteiger partial charge in [0.2, 0.25) is 0 Å². The second kappa shape index (κ2) is 6.57. The lowest BCUT2D eigenvalue weighted by atomic mass is 10.2. The summed E-state index contributed by atoms with van der Waals surface area (Å²) in [6, 6.07) is 2.66. The predicted octanol–water partition coefficient (Wildman–Crippen LogP) is 3.08. The van der Waals surface area contributed by atoms with Gasteiger partial charge in [0, 0.05) is 25.0 Å². The molecule has 1 unspecified atom stereocenters. The number of aryl methyl sites for hydroxylation is 1. The molecule has 0 saturated carbocycles. The Labute approximate surface area is 107 Å². The molecule has 4 heteroatoms. The van der Waals surface area contributed by atoms with Gasteiger partial charge in [0.15, 0.2) is 0 Å². The van der Waals surface area contributed by atoms with Gasteiger partial charge < -0.3 is 9.88 Å². The van der Waals surface area contributed by atoms with Crippen LogP contribution in [0.1, 0.15) is 31.4 Å². The molecule has 0 aliphatic heterocycles. The van der Waals surface area contributed by atoms with Crippen molar-refractivity contribution in [2.75, 3.05) is 6.54 Å². The van der Waals surface area contributed by atoms with Crippen LogP contribution in [-0.4, -0.2) is 16.1 Å². The lowest BCUT2D eigenvalue weighted by Crippen LogP contribution is -2.19. The number of nitrogens with zero attached hydrogens (tertiary/aromatic N) is 2. The van der Waals surface area contributed by atoms with E-state index in [-0.39, 0.29) is 0 Å². The van der Waals surface area contributed by atoms with Crippen LogP contribution in [-0.2, 0) is 6.54 Å². The Kier molecular flexibility index (Phi) is 4.76. The van der Waals surface area contributed by atoms with Crippen molar-refractivity contribution < 1.29 is 0 Å². The van der Waals surface area contributed by atoms with Gasteiger partial charge in [-0.2, -0.15) is 11.3 Å². The van der Waals surface area contributed by atoms with E-state index in [1.54, 1.807) is 11.3 Å². The Hall–Kier alpha value is -1.13. The SMILES string of the molecule is CC(NCCCCn1ccnc1)c1ccsc1. The Balaban J connectivity index is 1.57. The maximum Gasteiger partial charge on any atom is 0.0945 e. The molecule has 1 atom stereocenters. The highest BCUT2D eigenvalue weighted by molar-refractivity contribution is 7.07. The van der Waals surface area contributed by atoms with Crippen molar-refractivity contribution in [1.82, 2.24) is 14.9 Å². The molecule has 0 spiro atoms. The largest absolute Gasteiger partial charge is 0.337 e. The summed E-state index contributed by atoms with van der Waals surface area (Å²) < 4.78 is 2.13. The third-order valence-electron chi connectivity index (χ3n) is 2.90. The third kappa shape index (κ3) is 3.98. The second-order valence-corrected chi connectivity index (χ2v) is 5.02. The van der Waals surface area contributed by atoms with Crippen molar-refractivity contribution in [3.8, 4) is 0 Å². The minimum atomic E-state index is 0.467. The Morgan fingerprint density at radius 1 is 1.47 bits per heavy atom. The summed E-state index contributed by atoms with van der Waals surface area (Å²) in [5.41, 5.74) is 1.39. The van der Waals surface area contributed by atoms with E-state index in [1.165, 1.54) is 18.4 Å². The lowest BCUT2D eigenvalue weighted by Gasteiger charge is -2.12. The van der Waals surface area contributed by atoms with Crippen molar-refractivity contribution in [2.45, 2.75) is 32.4 Å². The normalized spacial score (nSPS) is 12.8. The molecule has 92 valence electrons. The number of hydrogen-bond donors (Lipinski definition) is 1. The lowest BCUT2D eigenvalue weighted by molar-refractivity contribution is 0.524. The van der Waals surface area contributed by atoms with Crippen molar-refractivity contribution in [1.29, 1.82) is 0 Å². The molecule has 0 radical (unpaired) electrons. The smallest absolute Gasteiger partial charge is 0.0945 e. The zero-order valence-electron chi connectivity index (χ0n) is 10.2. The van der Waals surface area contributed by atoms with E-state index >= 15 is 0 Å². The molecule has 1 N–H and O–H groups in total. The van der Waals surface area contributed by atoms with Crippen LogP contribution in [0.3, 0.4) is 0 Å². The first-order valence-corrected chi connectivity index (χ1v) is 7.02. The van der Waals surface area contributed by atoms with Crippen LogP contribution in [0.4, 0.5) is 0 Å². The van der Waals surface area contributed by atoms with E-state index in [2.05, 4.69) is 38.6 Å². The quantitative estimate of drug-likeness (QED) is 0.764. The molecule has 17 heavy (non-hydrogen) atoms. The van der Waals surface area contributed by atoms with E-state index in [4.69, 9.17) is 0 Å². The number of nitrogens with one attached hydrogen (secondary N) is 1. The van der Waals surface area contributed by atoms with E-state index < -0.39 is 0 Å². The molecule has 2 aromatic rings. The molecule has 2 aromatic heterocycles. The summed E-state index contributed by atoms with van der Waals surface area (Å²) in [4.78, 5) is 4.03. The molecule has 2 rings (SSSR count). The fourth-order valence-electron chi connectivity index (χ4n) is 1.80. The molecule has 0 bridgehead atoms. The van der Waals surface area contributed by atoms with Gasteiger partial charge >= 0.3 is 0 Å². The fraction of sp³-hybridized carbons (Fsp3) is 0.462. The molecular weight excluding hydrogens is 230 g/mol. The Morgan fingerprint density at radius 2 is 2.41 bits per heavy atom. The topological polar surface area (TPSA) is 29.9 Å². The maximum atomic E-state index is 4.03. The van der Waals surface area contributed by atoms with Crippen LogP contribution in [0.5, 0.6) is 0 Å². The summed E-state index contributed by atoms with van der Waals surface area (Å²) in [5.74, 6) is 0. The van der Waals surface area contributed by atoms with Crippen molar-refractivity contribution in [2.24, 2.45) is 0 Å². The summed E-state index contributed by atoms with van der Waals surface area (Å²) >= 11 is 1.76. The Morgan fingerprint density at radius 3 is 3.12 bits per heavy atom. The standard InChI is InChI=1S/C13H19N3S/c1-12(13-4-9-17-10-13)15-5-2-3-7-16-8-6-14-11-16/h4,6,8-12,15H,2-3,5,7H2,1H3. The molecular formula is C13H19N3S. The minimum Gasteiger partial charge on any atom is -0.337 e. The summed E-state index contributed by atoms with van der Waals surface area (Å²) in [6.07, 6.45) is 8.12. The number of imidazole rings is 1. The molecule has 0 aliphatic carbocycles. The number of rotatable bonds is 7. The third-order valence-corrected chi connectivity index (χ3v) is 3.60. The van der Waals surface area contributed by atoms with Crippen molar-refractivity contribution in [3.63, 3.8) is 0 Å². The van der Waals surface area contributed by atoms with E-state index in [0.717, 1.165) is 13.1 Å². The fourth-order valence-corrected chi connectivity index (χ4v) is 2.55. The average molecular weight is 249 g/mol. The molecule has 0 fully saturated rings. The summed E-state index contributed by atoms with van der Waals surface area (Å²) in [5, 5.41) is 7.89. The summed E-state index contributed by atoms with van der Waals surface area (Å²) in [7, 11) is 0. The van der Waals surface area contributed by atoms with Crippen LogP contribution in [0.25, 0.3) is 0 Å².